The molecule has 0 atom stereocenters. The number of rotatable bonds is 3. The standard InChI is InChI=1S/C13H18NO.BrH/c1-4-8-14(9-5-2)10-6-13(7-11-14)12(3)15;/h1-2,13H,6-11H2,3H3;1H/q+1;/p-1. The second kappa shape index (κ2) is 6.74. The Morgan fingerprint density at radius 1 is 1.25 bits per heavy atom. The second-order valence-corrected chi connectivity index (χ2v) is 4.40. The van der Waals surface area contributed by atoms with E-state index in [-0.39, 0.29) is 22.9 Å². The molecule has 1 rings (SSSR count). The fourth-order valence-corrected chi connectivity index (χ4v) is 2.28. The van der Waals surface area contributed by atoms with Crippen LogP contribution >= 0.6 is 0 Å². The van der Waals surface area contributed by atoms with E-state index in [0.29, 0.717) is 18.9 Å². The van der Waals surface area contributed by atoms with Crippen molar-refractivity contribution in [1.82, 2.24) is 0 Å². The third-order valence-electron chi connectivity index (χ3n) is 3.33. The molecular weight excluding hydrogens is 266 g/mol. The van der Waals surface area contributed by atoms with Crippen molar-refractivity contribution in [2.75, 3.05) is 26.2 Å². The number of halogens is 1. The van der Waals surface area contributed by atoms with E-state index in [9.17, 15) is 4.79 Å². The molecule has 0 spiro atoms. The van der Waals surface area contributed by atoms with Crippen LogP contribution in [0.25, 0.3) is 0 Å². The van der Waals surface area contributed by atoms with Gasteiger partial charge in [-0.1, -0.05) is 0 Å². The summed E-state index contributed by atoms with van der Waals surface area (Å²) >= 11 is 0. The minimum absolute atomic E-state index is 0. The third kappa shape index (κ3) is 3.67. The maximum atomic E-state index is 11.2. The van der Waals surface area contributed by atoms with Crippen molar-refractivity contribution < 1.29 is 26.3 Å². The van der Waals surface area contributed by atoms with E-state index in [1.807, 2.05) is 0 Å². The zero-order valence-corrected chi connectivity index (χ0v) is 11.3. The second-order valence-electron chi connectivity index (χ2n) is 4.40. The van der Waals surface area contributed by atoms with Gasteiger partial charge >= 0.3 is 0 Å². The average Bonchev–Trinajstić information content (AvgIpc) is 2.19. The number of quaternary nitrogens is 1. The minimum atomic E-state index is 0. The molecule has 0 aliphatic carbocycles. The first-order valence-corrected chi connectivity index (χ1v) is 5.36. The lowest BCUT2D eigenvalue weighted by molar-refractivity contribution is -0.920. The number of ketones is 1. The first-order valence-electron chi connectivity index (χ1n) is 5.36. The highest BCUT2D eigenvalue weighted by Crippen LogP contribution is 2.23. The van der Waals surface area contributed by atoms with E-state index in [0.717, 1.165) is 30.4 Å². The smallest absolute Gasteiger partial charge is 0.141 e. The van der Waals surface area contributed by atoms with Crippen molar-refractivity contribution >= 4 is 5.78 Å². The summed E-state index contributed by atoms with van der Waals surface area (Å²) in [6.45, 7) is 4.94. The molecular formula is C13H18BrNO. The van der Waals surface area contributed by atoms with Gasteiger partial charge in [0.15, 0.2) is 0 Å². The number of hydrogen-bond donors (Lipinski definition) is 0. The lowest BCUT2D eigenvalue weighted by Gasteiger charge is -2.40. The zero-order valence-electron chi connectivity index (χ0n) is 9.71. The molecule has 88 valence electrons. The molecule has 3 heteroatoms. The maximum absolute atomic E-state index is 11.2. The Kier molecular flexibility index (Phi) is 6.41. The quantitative estimate of drug-likeness (QED) is 0.436. The van der Waals surface area contributed by atoms with Crippen LogP contribution in [0.3, 0.4) is 0 Å². The van der Waals surface area contributed by atoms with E-state index in [1.165, 1.54) is 0 Å². The fraction of sp³-hybridized carbons (Fsp3) is 0.615. The van der Waals surface area contributed by atoms with Crippen molar-refractivity contribution in [3.63, 3.8) is 0 Å². The Labute approximate surface area is 109 Å². The van der Waals surface area contributed by atoms with Gasteiger partial charge in [0.1, 0.15) is 18.9 Å². The highest BCUT2D eigenvalue weighted by Gasteiger charge is 2.33. The van der Waals surface area contributed by atoms with Crippen LogP contribution in [-0.4, -0.2) is 36.4 Å². The van der Waals surface area contributed by atoms with Crippen molar-refractivity contribution in [1.29, 1.82) is 0 Å². The topological polar surface area (TPSA) is 17.1 Å². The third-order valence-corrected chi connectivity index (χ3v) is 3.33. The van der Waals surface area contributed by atoms with Gasteiger partial charge in [-0.3, -0.25) is 4.79 Å². The van der Waals surface area contributed by atoms with Gasteiger partial charge in [-0.05, 0) is 18.8 Å². The molecule has 1 aliphatic heterocycles. The highest BCUT2D eigenvalue weighted by molar-refractivity contribution is 5.78. The first kappa shape index (κ1) is 15.2. The van der Waals surface area contributed by atoms with Gasteiger partial charge in [-0.15, -0.1) is 12.8 Å². The molecule has 0 aromatic rings. The molecule has 0 N–H and O–H groups in total. The first-order chi connectivity index (χ1) is 7.13. The summed E-state index contributed by atoms with van der Waals surface area (Å²) in [5.74, 6) is 5.93. The monoisotopic (exact) mass is 283 g/mol. The highest BCUT2D eigenvalue weighted by atomic mass is 79.9. The fourth-order valence-electron chi connectivity index (χ4n) is 2.28. The Hall–Kier alpha value is -0.770. The number of Topliss-reactive ketones (excluding diaryl/α,β-unsaturated/α-hetero) is 1. The van der Waals surface area contributed by atoms with Crippen LogP contribution < -0.4 is 17.0 Å². The Bertz CT molecular complexity index is 298. The van der Waals surface area contributed by atoms with E-state index in [2.05, 4.69) is 11.8 Å². The van der Waals surface area contributed by atoms with Gasteiger partial charge in [0.25, 0.3) is 0 Å². The summed E-state index contributed by atoms with van der Waals surface area (Å²) in [6, 6.07) is 0. The van der Waals surface area contributed by atoms with Crippen molar-refractivity contribution in [3.05, 3.63) is 0 Å². The van der Waals surface area contributed by atoms with Gasteiger partial charge in [-0.25, -0.2) is 0 Å². The van der Waals surface area contributed by atoms with Crippen molar-refractivity contribution in [3.8, 4) is 24.7 Å². The molecule has 0 bridgehead atoms. The summed E-state index contributed by atoms with van der Waals surface area (Å²) in [5.41, 5.74) is 0. The maximum Gasteiger partial charge on any atom is 0.141 e. The number of hydrogen-bond acceptors (Lipinski definition) is 1. The molecule has 0 saturated carbocycles. The zero-order chi connectivity index (χ0) is 11.3. The summed E-state index contributed by atoms with van der Waals surface area (Å²) < 4.78 is 0.802. The van der Waals surface area contributed by atoms with Crippen molar-refractivity contribution in [2.45, 2.75) is 19.8 Å². The largest absolute Gasteiger partial charge is 1.00 e. The SMILES string of the molecule is C#CC[N+]1(CC#C)CCC(C(C)=O)CC1.[Br-]. The van der Waals surface area contributed by atoms with E-state index in [1.54, 1.807) is 6.92 Å². The molecule has 0 aromatic heterocycles. The van der Waals surface area contributed by atoms with Crippen LogP contribution in [-0.2, 0) is 4.79 Å². The van der Waals surface area contributed by atoms with Gasteiger partial charge in [-0.2, -0.15) is 0 Å². The molecule has 0 radical (unpaired) electrons. The van der Waals surface area contributed by atoms with Crippen LogP contribution in [0.2, 0.25) is 0 Å². The molecule has 0 amide bonds. The van der Waals surface area contributed by atoms with Gasteiger partial charge in [0, 0.05) is 18.8 Å². The average molecular weight is 284 g/mol. The van der Waals surface area contributed by atoms with Crippen LogP contribution in [0, 0.1) is 30.6 Å². The molecule has 1 saturated heterocycles. The summed E-state index contributed by atoms with van der Waals surface area (Å²) in [5, 5.41) is 0. The molecule has 1 fully saturated rings. The van der Waals surface area contributed by atoms with Crippen LogP contribution in [0.15, 0.2) is 0 Å². The summed E-state index contributed by atoms with van der Waals surface area (Å²) in [7, 11) is 0. The summed E-state index contributed by atoms with van der Waals surface area (Å²) in [4.78, 5) is 11.2. The number of nitrogens with zero attached hydrogens (tertiary/aromatic N) is 1. The van der Waals surface area contributed by atoms with E-state index < -0.39 is 0 Å². The molecule has 1 aliphatic rings. The van der Waals surface area contributed by atoms with Crippen LogP contribution in [0.5, 0.6) is 0 Å². The summed E-state index contributed by atoms with van der Waals surface area (Å²) in [6.07, 6.45) is 12.6. The van der Waals surface area contributed by atoms with Crippen LogP contribution in [0.1, 0.15) is 19.8 Å². The van der Waals surface area contributed by atoms with Gasteiger partial charge < -0.3 is 21.5 Å². The number of carbonyl (C=O) groups is 1. The molecule has 2 nitrogen and oxygen atoms in total. The lowest BCUT2D eigenvalue weighted by Crippen LogP contribution is -3.00. The molecule has 1 heterocycles. The van der Waals surface area contributed by atoms with Crippen molar-refractivity contribution in [2.24, 2.45) is 5.92 Å². The Morgan fingerprint density at radius 3 is 2.00 bits per heavy atom. The molecule has 0 aromatic carbocycles. The number of likely N-dealkylation sites (tertiary alicyclic amines) is 1. The van der Waals surface area contributed by atoms with E-state index in [4.69, 9.17) is 12.8 Å². The Balaban J connectivity index is 0.00000225. The lowest BCUT2D eigenvalue weighted by atomic mass is 9.91. The van der Waals surface area contributed by atoms with Gasteiger partial charge in [0.2, 0.25) is 0 Å². The molecule has 0 unspecified atom stereocenters. The normalized spacial score (nSPS) is 18.9. The number of terminal acetylenes is 2. The van der Waals surface area contributed by atoms with E-state index >= 15 is 0 Å². The number of piperidine rings is 1. The Morgan fingerprint density at radius 2 is 1.69 bits per heavy atom. The predicted octanol–water partition coefficient (Wildman–Crippen LogP) is -1.93. The minimum Gasteiger partial charge on any atom is -1.00 e. The van der Waals surface area contributed by atoms with Crippen LogP contribution in [0.4, 0.5) is 0 Å². The predicted molar refractivity (Wildman–Crippen MR) is 60.8 cm³/mol. The van der Waals surface area contributed by atoms with Gasteiger partial charge in [0.05, 0.1) is 13.1 Å². The number of carbonyl (C=O) groups excluding carboxylic acids is 1. The molecule has 16 heavy (non-hydrogen) atoms.